The fourth-order valence-corrected chi connectivity index (χ4v) is 4.58. The Morgan fingerprint density at radius 2 is 2.10 bits per heavy atom. The van der Waals surface area contributed by atoms with E-state index in [0.29, 0.717) is 12.6 Å². The summed E-state index contributed by atoms with van der Waals surface area (Å²) in [6.07, 6.45) is 1.12. The van der Waals surface area contributed by atoms with Crippen LogP contribution >= 0.6 is 27.3 Å². The predicted molar refractivity (Wildman–Crippen MR) is 89.1 cm³/mol. The van der Waals surface area contributed by atoms with Crippen molar-refractivity contribution in [1.82, 2.24) is 4.90 Å². The Labute approximate surface area is 132 Å². The molecular formula is C16H19BrN2S. The van der Waals surface area contributed by atoms with Gasteiger partial charge in [0.25, 0.3) is 0 Å². The average molecular weight is 351 g/mol. The molecule has 1 atom stereocenters. The molecule has 1 aromatic carbocycles. The van der Waals surface area contributed by atoms with Crippen molar-refractivity contribution >= 4 is 27.3 Å². The van der Waals surface area contributed by atoms with Crippen LogP contribution in [0, 0.1) is 6.92 Å². The summed E-state index contributed by atoms with van der Waals surface area (Å²) in [5, 5.41) is 0. The van der Waals surface area contributed by atoms with Gasteiger partial charge in [0.1, 0.15) is 0 Å². The molecule has 4 heteroatoms. The zero-order chi connectivity index (χ0) is 14.1. The van der Waals surface area contributed by atoms with Crippen LogP contribution in [-0.2, 0) is 13.0 Å². The summed E-state index contributed by atoms with van der Waals surface area (Å²) in [7, 11) is 0. The van der Waals surface area contributed by atoms with Crippen molar-refractivity contribution in [3.8, 4) is 0 Å². The number of fused-ring (bicyclic) bond motifs is 1. The van der Waals surface area contributed by atoms with Crippen molar-refractivity contribution in [1.29, 1.82) is 0 Å². The second-order valence-electron chi connectivity index (χ2n) is 5.29. The number of hydrogen-bond donors (Lipinski definition) is 1. The third kappa shape index (κ3) is 2.70. The van der Waals surface area contributed by atoms with E-state index in [2.05, 4.69) is 58.1 Å². The highest BCUT2D eigenvalue weighted by Crippen LogP contribution is 2.35. The summed E-state index contributed by atoms with van der Waals surface area (Å²) in [5.74, 6) is 0. The SMILES string of the molecule is Cc1sc(C(CN)N2CCc3ccccc3C2)cc1Br. The van der Waals surface area contributed by atoms with E-state index in [1.165, 1.54) is 25.4 Å². The lowest BCUT2D eigenvalue weighted by molar-refractivity contribution is 0.186. The molecule has 1 aliphatic rings. The Kier molecular flexibility index (Phi) is 4.26. The Hall–Kier alpha value is -0.680. The lowest BCUT2D eigenvalue weighted by Gasteiger charge is -2.34. The molecule has 1 unspecified atom stereocenters. The number of benzene rings is 1. The van der Waals surface area contributed by atoms with Crippen LogP contribution in [0.15, 0.2) is 34.8 Å². The molecule has 0 spiro atoms. The van der Waals surface area contributed by atoms with Gasteiger partial charge in [-0.2, -0.15) is 0 Å². The summed E-state index contributed by atoms with van der Waals surface area (Å²) in [6.45, 7) is 4.92. The number of nitrogens with zero attached hydrogens (tertiary/aromatic N) is 1. The number of nitrogens with two attached hydrogens (primary N) is 1. The lowest BCUT2D eigenvalue weighted by Crippen LogP contribution is -2.37. The molecule has 0 saturated carbocycles. The first-order chi connectivity index (χ1) is 9.69. The minimum absolute atomic E-state index is 0.332. The number of rotatable bonds is 3. The number of thiophene rings is 1. The highest BCUT2D eigenvalue weighted by molar-refractivity contribution is 9.10. The molecule has 0 amide bonds. The first-order valence-electron chi connectivity index (χ1n) is 6.95. The highest BCUT2D eigenvalue weighted by Gasteiger charge is 2.25. The lowest BCUT2D eigenvalue weighted by atomic mass is 9.98. The molecule has 0 bridgehead atoms. The van der Waals surface area contributed by atoms with Gasteiger partial charge in [-0.15, -0.1) is 11.3 Å². The molecule has 106 valence electrons. The van der Waals surface area contributed by atoms with Gasteiger partial charge in [0.05, 0.1) is 6.04 Å². The third-order valence-electron chi connectivity index (χ3n) is 4.03. The third-order valence-corrected chi connectivity index (χ3v) is 6.27. The van der Waals surface area contributed by atoms with Crippen molar-refractivity contribution in [2.24, 2.45) is 5.73 Å². The monoisotopic (exact) mass is 350 g/mol. The van der Waals surface area contributed by atoms with Crippen molar-refractivity contribution < 1.29 is 0 Å². The van der Waals surface area contributed by atoms with Gasteiger partial charge in [-0.05, 0) is 46.5 Å². The molecular weight excluding hydrogens is 332 g/mol. The zero-order valence-electron chi connectivity index (χ0n) is 11.6. The molecule has 1 aromatic heterocycles. The van der Waals surface area contributed by atoms with Gasteiger partial charge in [0.15, 0.2) is 0 Å². The first-order valence-corrected chi connectivity index (χ1v) is 8.56. The Morgan fingerprint density at radius 3 is 2.75 bits per heavy atom. The van der Waals surface area contributed by atoms with E-state index in [-0.39, 0.29) is 0 Å². The van der Waals surface area contributed by atoms with Gasteiger partial charge in [0, 0.05) is 33.9 Å². The van der Waals surface area contributed by atoms with Crippen LogP contribution in [0.3, 0.4) is 0 Å². The molecule has 0 fully saturated rings. The molecule has 20 heavy (non-hydrogen) atoms. The molecule has 3 rings (SSSR count). The summed E-state index contributed by atoms with van der Waals surface area (Å²) in [5.41, 5.74) is 9.00. The van der Waals surface area contributed by atoms with E-state index in [1.54, 1.807) is 0 Å². The summed E-state index contributed by atoms with van der Waals surface area (Å²) < 4.78 is 1.20. The van der Waals surface area contributed by atoms with E-state index in [1.807, 2.05) is 11.3 Å². The predicted octanol–water partition coefficient (Wildman–Crippen LogP) is 3.88. The zero-order valence-corrected chi connectivity index (χ0v) is 14.0. The van der Waals surface area contributed by atoms with Crippen molar-refractivity contribution in [3.63, 3.8) is 0 Å². The van der Waals surface area contributed by atoms with Crippen LogP contribution in [-0.4, -0.2) is 18.0 Å². The van der Waals surface area contributed by atoms with Crippen molar-refractivity contribution in [2.75, 3.05) is 13.1 Å². The van der Waals surface area contributed by atoms with Crippen LogP contribution in [0.2, 0.25) is 0 Å². The molecule has 0 aliphatic carbocycles. The van der Waals surface area contributed by atoms with E-state index < -0.39 is 0 Å². The molecule has 2 heterocycles. The second kappa shape index (κ2) is 5.98. The fourth-order valence-electron chi connectivity index (χ4n) is 2.87. The smallest absolute Gasteiger partial charge is 0.0567 e. The highest BCUT2D eigenvalue weighted by atomic mass is 79.9. The van der Waals surface area contributed by atoms with E-state index in [9.17, 15) is 0 Å². The normalized spacial score (nSPS) is 16.9. The van der Waals surface area contributed by atoms with Gasteiger partial charge in [-0.3, -0.25) is 4.90 Å². The van der Waals surface area contributed by atoms with Crippen molar-refractivity contribution in [2.45, 2.75) is 25.9 Å². The first kappa shape index (κ1) is 14.3. The minimum Gasteiger partial charge on any atom is -0.329 e. The molecule has 0 saturated heterocycles. The minimum atomic E-state index is 0.332. The number of aryl methyl sites for hydroxylation is 1. The summed E-state index contributed by atoms with van der Waals surface area (Å²) in [4.78, 5) is 5.21. The van der Waals surface area contributed by atoms with Crippen LogP contribution in [0.1, 0.15) is 26.9 Å². The maximum absolute atomic E-state index is 6.06. The molecule has 1 aliphatic heterocycles. The Bertz CT molecular complexity index is 589. The molecule has 2 N–H and O–H groups in total. The number of halogens is 1. The van der Waals surface area contributed by atoms with Gasteiger partial charge in [0.2, 0.25) is 0 Å². The fraction of sp³-hybridized carbons (Fsp3) is 0.375. The van der Waals surface area contributed by atoms with Gasteiger partial charge in [-0.25, -0.2) is 0 Å². The molecule has 0 radical (unpaired) electrons. The molecule has 2 aromatic rings. The van der Waals surface area contributed by atoms with Crippen LogP contribution in [0.25, 0.3) is 0 Å². The van der Waals surface area contributed by atoms with Gasteiger partial charge < -0.3 is 5.73 Å². The summed E-state index contributed by atoms with van der Waals surface area (Å²) >= 11 is 5.47. The van der Waals surface area contributed by atoms with Gasteiger partial charge in [-0.1, -0.05) is 24.3 Å². The Balaban J connectivity index is 1.85. The van der Waals surface area contributed by atoms with Crippen molar-refractivity contribution in [3.05, 3.63) is 55.7 Å². The average Bonchev–Trinajstić information content (AvgIpc) is 2.79. The second-order valence-corrected chi connectivity index (χ2v) is 7.44. The van der Waals surface area contributed by atoms with Gasteiger partial charge >= 0.3 is 0 Å². The van der Waals surface area contributed by atoms with E-state index in [4.69, 9.17) is 5.73 Å². The van der Waals surface area contributed by atoms with Crippen LogP contribution in [0.5, 0.6) is 0 Å². The van der Waals surface area contributed by atoms with E-state index in [0.717, 1.165) is 19.5 Å². The maximum Gasteiger partial charge on any atom is 0.0567 e. The Morgan fingerprint density at radius 1 is 1.35 bits per heavy atom. The largest absolute Gasteiger partial charge is 0.329 e. The standard InChI is InChI=1S/C16H19BrN2S/c1-11-14(17)8-16(20-11)15(9-18)19-7-6-12-4-2-3-5-13(12)10-19/h2-5,8,15H,6-7,9-10,18H2,1H3. The topological polar surface area (TPSA) is 29.3 Å². The summed E-state index contributed by atoms with van der Waals surface area (Å²) in [6, 6.07) is 11.3. The quantitative estimate of drug-likeness (QED) is 0.909. The van der Waals surface area contributed by atoms with E-state index >= 15 is 0 Å². The van der Waals surface area contributed by atoms with Crippen LogP contribution in [0.4, 0.5) is 0 Å². The molecule has 2 nitrogen and oxygen atoms in total. The van der Waals surface area contributed by atoms with Crippen LogP contribution < -0.4 is 5.73 Å². The maximum atomic E-state index is 6.06. The number of hydrogen-bond acceptors (Lipinski definition) is 3.